The zero-order valence-corrected chi connectivity index (χ0v) is 11.8. The third-order valence-electron chi connectivity index (χ3n) is 3.76. The molecule has 0 atom stereocenters. The van der Waals surface area contributed by atoms with Crippen molar-refractivity contribution in [2.75, 3.05) is 10.6 Å². The first-order valence-electron chi connectivity index (χ1n) is 6.97. The van der Waals surface area contributed by atoms with E-state index in [9.17, 15) is 14.0 Å². The van der Waals surface area contributed by atoms with E-state index in [-0.39, 0.29) is 11.5 Å². The number of halogens is 1. The van der Waals surface area contributed by atoms with Crippen LogP contribution in [0.15, 0.2) is 36.5 Å². The Kier molecular flexibility index (Phi) is 2.87. The fraction of sp³-hybridized carbons (Fsp3) is 0.0625. The highest BCUT2D eigenvalue weighted by atomic mass is 19.1. The smallest absolute Gasteiger partial charge is 0.256 e. The maximum atomic E-state index is 13.6. The van der Waals surface area contributed by atoms with Crippen LogP contribution in [-0.2, 0) is 11.2 Å². The Morgan fingerprint density at radius 1 is 1.26 bits per heavy atom. The summed E-state index contributed by atoms with van der Waals surface area (Å²) in [6, 6.07) is 7.63. The summed E-state index contributed by atoms with van der Waals surface area (Å²) >= 11 is 0. The molecule has 0 unspecified atom stereocenters. The molecule has 0 aliphatic carbocycles. The van der Waals surface area contributed by atoms with E-state index >= 15 is 0 Å². The van der Waals surface area contributed by atoms with Gasteiger partial charge < -0.3 is 10.6 Å². The van der Waals surface area contributed by atoms with E-state index in [0.717, 1.165) is 5.56 Å². The van der Waals surface area contributed by atoms with E-state index in [1.54, 1.807) is 18.2 Å². The summed E-state index contributed by atoms with van der Waals surface area (Å²) in [6.45, 7) is 0. The number of fused-ring (bicyclic) bond motifs is 2. The third-order valence-corrected chi connectivity index (χ3v) is 3.76. The predicted octanol–water partition coefficient (Wildman–Crippen LogP) is 2.45. The quantitative estimate of drug-likeness (QED) is 0.679. The van der Waals surface area contributed by atoms with Crippen molar-refractivity contribution in [1.29, 1.82) is 0 Å². The second-order valence-electron chi connectivity index (χ2n) is 5.34. The van der Waals surface area contributed by atoms with Gasteiger partial charge in [-0.15, -0.1) is 0 Å². The molecule has 0 spiro atoms. The SMILES string of the molecule is O=C1Cc2ccc(NC(=O)c3cc(F)cc4[nH]ncc34)cc2N1. The number of nitrogens with one attached hydrogen (secondary N) is 3. The van der Waals surface area contributed by atoms with Gasteiger partial charge in [0.15, 0.2) is 0 Å². The monoisotopic (exact) mass is 310 g/mol. The van der Waals surface area contributed by atoms with E-state index in [2.05, 4.69) is 20.8 Å². The number of rotatable bonds is 2. The lowest BCUT2D eigenvalue weighted by molar-refractivity contribution is -0.115. The summed E-state index contributed by atoms with van der Waals surface area (Å²) < 4.78 is 13.6. The zero-order valence-electron chi connectivity index (χ0n) is 11.8. The van der Waals surface area contributed by atoms with Crippen molar-refractivity contribution in [2.45, 2.75) is 6.42 Å². The second-order valence-corrected chi connectivity index (χ2v) is 5.34. The number of benzene rings is 2. The van der Waals surface area contributed by atoms with E-state index in [1.165, 1.54) is 18.3 Å². The molecule has 0 fully saturated rings. The number of aromatic nitrogens is 2. The highest BCUT2D eigenvalue weighted by Crippen LogP contribution is 2.27. The first kappa shape index (κ1) is 13.4. The molecule has 6 nitrogen and oxygen atoms in total. The van der Waals surface area contributed by atoms with Crippen LogP contribution < -0.4 is 10.6 Å². The molecule has 23 heavy (non-hydrogen) atoms. The first-order chi connectivity index (χ1) is 11.1. The van der Waals surface area contributed by atoms with Crippen molar-refractivity contribution >= 4 is 34.1 Å². The van der Waals surface area contributed by atoms with Crippen LogP contribution in [0.25, 0.3) is 10.9 Å². The van der Waals surface area contributed by atoms with Crippen LogP contribution in [0.3, 0.4) is 0 Å². The van der Waals surface area contributed by atoms with E-state index < -0.39 is 11.7 Å². The second kappa shape index (κ2) is 4.91. The van der Waals surface area contributed by atoms with Gasteiger partial charge in [0, 0.05) is 16.8 Å². The molecule has 0 saturated heterocycles. The Morgan fingerprint density at radius 3 is 3.00 bits per heavy atom. The molecule has 2 amide bonds. The van der Waals surface area contributed by atoms with Crippen molar-refractivity contribution < 1.29 is 14.0 Å². The highest BCUT2D eigenvalue weighted by Gasteiger charge is 2.19. The fourth-order valence-corrected chi connectivity index (χ4v) is 2.69. The lowest BCUT2D eigenvalue weighted by Gasteiger charge is -2.08. The summed E-state index contributed by atoms with van der Waals surface area (Å²) in [5, 5.41) is 12.4. The van der Waals surface area contributed by atoms with Crippen LogP contribution in [0.2, 0.25) is 0 Å². The van der Waals surface area contributed by atoms with Crippen LogP contribution in [-0.4, -0.2) is 22.0 Å². The van der Waals surface area contributed by atoms with Gasteiger partial charge in [0.05, 0.1) is 23.7 Å². The summed E-state index contributed by atoms with van der Waals surface area (Å²) in [5.41, 5.74) is 2.74. The van der Waals surface area contributed by atoms with E-state index in [4.69, 9.17) is 0 Å². The van der Waals surface area contributed by atoms with Crippen molar-refractivity contribution in [2.24, 2.45) is 0 Å². The zero-order chi connectivity index (χ0) is 16.0. The molecule has 2 heterocycles. The van der Waals surface area contributed by atoms with Crippen LogP contribution in [0.5, 0.6) is 0 Å². The van der Waals surface area contributed by atoms with Gasteiger partial charge in [0.25, 0.3) is 5.91 Å². The molecular weight excluding hydrogens is 299 g/mol. The van der Waals surface area contributed by atoms with Gasteiger partial charge in [0.2, 0.25) is 5.91 Å². The predicted molar refractivity (Wildman–Crippen MR) is 82.8 cm³/mol. The average Bonchev–Trinajstić information content (AvgIpc) is 3.10. The number of carbonyl (C=O) groups excluding carboxylic acids is 2. The summed E-state index contributed by atoms with van der Waals surface area (Å²) in [5.74, 6) is -1.04. The van der Waals surface area contributed by atoms with Crippen LogP contribution in [0, 0.1) is 5.82 Å². The van der Waals surface area contributed by atoms with E-state index in [0.29, 0.717) is 28.7 Å². The molecule has 1 aliphatic rings. The normalized spacial score (nSPS) is 13.0. The number of hydrogen-bond donors (Lipinski definition) is 3. The maximum Gasteiger partial charge on any atom is 0.256 e. The summed E-state index contributed by atoms with van der Waals surface area (Å²) in [7, 11) is 0. The Hall–Kier alpha value is -3.22. The van der Waals surface area contributed by atoms with Gasteiger partial charge in [-0.25, -0.2) is 4.39 Å². The molecule has 7 heteroatoms. The first-order valence-corrected chi connectivity index (χ1v) is 6.97. The number of nitrogens with zero attached hydrogens (tertiary/aromatic N) is 1. The third kappa shape index (κ3) is 2.32. The highest BCUT2D eigenvalue weighted by molar-refractivity contribution is 6.12. The molecule has 3 aromatic rings. The van der Waals surface area contributed by atoms with E-state index in [1.807, 2.05) is 0 Å². The molecule has 114 valence electrons. The molecule has 4 rings (SSSR count). The molecule has 0 bridgehead atoms. The van der Waals surface area contributed by atoms with Gasteiger partial charge in [-0.05, 0) is 29.8 Å². The number of H-pyrrole nitrogens is 1. The Labute approximate surface area is 129 Å². The maximum absolute atomic E-state index is 13.6. The molecule has 3 N–H and O–H groups in total. The van der Waals surface area contributed by atoms with Crippen LogP contribution in [0.4, 0.5) is 15.8 Å². The lowest BCUT2D eigenvalue weighted by Crippen LogP contribution is -2.12. The van der Waals surface area contributed by atoms with Crippen LogP contribution in [0.1, 0.15) is 15.9 Å². The van der Waals surface area contributed by atoms with Crippen LogP contribution >= 0.6 is 0 Å². The minimum Gasteiger partial charge on any atom is -0.325 e. The topological polar surface area (TPSA) is 86.9 Å². The van der Waals surface area contributed by atoms with Crippen molar-refractivity contribution in [3.63, 3.8) is 0 Å². The molecule has 0 saturated carbocycles. The number of hydrogen-bond acceptors (Lipinski definition) is 3. The molecule has 2 aromatic carbocycles. The van der Waals surface area contributed by atoms with Gasteiger partial charge in [-0.3, -0.25) is 14.7 Å². The molecule has 0 radical (unpaired) electrons. The van der Waals surface area contributed by atoms with Crippen molar-refractivity contribution in [3.05, 3.63) is 53.5 Å². The minimum absolute atomic E-state index is 0.0753. The van der Waals surface area contributed by atoms with Crippen molar-refractivity contribution in [1.82, 2.24) is 10.2 Å². The largest absolute Gasteiger partial charge is 0.325 e. The molecular formula is C16H11FN4O2. The number of amides is 2. The number of carbonyl (C=O) groups is 2. The number of anilines is 2. The van der Waals surface area contributed by atoms with Gasteiger partial charge in [-0.1, -0.05) is 6.07 Å². The summed E-state index contributed by atoms with van der Waals surface area (Å²) in [6.07, 6.45) is 1.82. The minimum atomic E-state index is -0.520. The molecule has 1 aliphatic heterocycles. The van der Waals surface area contributed by atoms with Gasteiger partial charge in [0.1, 0.15) is 5.82 Å². The Bertz CT molecular complexity index is 964. The Morgan fingerprint density at radius 2 is 2.13 bits per heavy atom. The lowest BCUT2D eigenvalue weighted by atomic mass is 10.1. The Balaban J connectivity index is 1.66. The van der Waals surface area contributed by atoms with Gasteiger partial charge in [-0.2, -0.15) is 5.10 Å². The average molecular weight is 310 g/mol. The van der Waals surface area contributed by atoms with Crippen molar-refractivity contribution in [3.8, 4) is 0 Å². The number of aromatic amines is 1. The molecule has 1 aromatic heterocycles. The fourth-order valence-electron chi connectivity index (χ4n) is 2.69. The standard InChI is InChI=1S/C16H11FN4O2/c17-9-4-11(12-7-18-21-14(12)5-9)16(23)19-10-2-1-8-3-15(22)20-13(8)6-10/h1-2,4-7H,3H2,(H,18,21)(H,19,23)(H,20,22). The van der Waals surface area contributed by atoms with Gasteiger partial charge >= 0.3 is 0 Å². The summed E-state index contributed by atoms with van der Waals surface area (Å²) in [4.78, 5) is 23.8.